The van der Waals surface area contributed by atoms with Crippen LogP contribution in [0.3, 0.4) is 0 Å². The molecule has 0 aromatic heterocycles. The average Bonchev–Trinajstić information content (AvgIpc) is 2.14. The number of hydrogen-bond donors (Lipinski definition) is 1. The third-order valence-electron chi connectivity index (χ3n) is 4.24. The van der Waals surface area contributed by atoms with Crippen LogP contribution in [0.25, 0.3) is 0 Å². The van der Waals surface area contributed by atoms with Crippen LogP contribution in [-0.4, -0.2) is 34.7 Å². The van der Waals surface area contributed by atoms with Gasteiger partial charge in [0, 0.05) is 18.6 Å². The molecule has 0 aromatic rings. The zero-order chi connectivity index (χ0) is 11.5. The zero-order valence-electron chi connectivity index (χ0n) is 10.9. The Balaban J connectivity index is 1.97. The molecule has 0 bridgehead atoms. The fourth-order valence-electron chi connectivity index (χ4n) is 3.17. The van der Waals surface area contributed by atoms with Gasteiger partial charge < -0.3 is 5.11 Å². The van der Waals surface area contributed by atoms with Gasteiger partial charge in [-0.05, 0) is 31.6 Å². The topological polar surface area (TPSA) is 23.5 Å². The van der Waals surface area contributed by atoms with E-state index in [0.29, 0.717) is 6.04 Å². The van der Waals surface area contributed by atoms with Crippen molar-refractivity contribution in [2.75, 3.05) is 6.54 Å². The zero-order valence-corrected chi connectivity index (χ0v) is 10.9. The van der Waals surface area contributed by atoms with E-state index in [1.54, 1.807) is 0 Å². The normalized spacial score (nSPS) is 32.1. The highest BCUT2D eigenvalue weighted by molar-refractivity contribution is 4.90. The van der Waals surface area contributed by atoms with Gasteiger partial charge in [0.25, 0.3) is 0 Å². The standard InChI is InChI=1S/C14H27NO/c1-11(2)10-15(12-6-5-7-12)13-8-3-4-9-14(13)16/h11-14,16H,3-10H2,1-2H3/t13-,14-/m0/s1. The van der Waals surface area contributed by atoms with Gasteiger partial charge in [-0.15, -0.1) is 0 Å². The van der Waals surface area contributed by atoms with Crippen molar-refractivity contribution in [3.05, 3.63) is 0 Å². The summed E-state index contributed by atoms with van der Waals surface area (Å²) in [5, 5.41) is 10.2. The summed E-state index contributed by atoms with van der Waals surface area (Å²) < 4.78 is 0. The lowest BCUT2D eigenvalue weighted by atomic mass is 9.84. The van der Waals surface area contributed by atoms with Crippen molar-refractivity contribution in [3.8, 4) is 0 Å². The first kappa shape index (κ1) is 12.4. The minimum absolute atomic E-state index is 0.0619. The molecular formula is C14H27NO. The lowest BCUT2D eigenvalue weighted by molar-refractivity contribution is -0.0258. The fraction of sp³-hybridized carbons (Fsp3) is 1.00. The van der Waals surface area contributed by atoms with Gasteiger partial charge in [-0.3, -0.25) is 4.90 Å². The predicted octanol–water partition coefficient (Wildman–Crippen LogP) is 2.80. The van der Waals surface area contributed by atoms with E-state index < -0.39 is 0 Å². The molecule has 2 aliphatic carbocycles. The molecule has 0 amide bonds. The first-order valence-electron chi connectivity index (χ1n) is 7.12. The minimum Gasteiger partial charge on any atom is -0.391 e. The Labute approximate surface area is 100 Å². The van der Waals surface area contributed by atoms with Crippen LogP contribution in [-0.2, 0) is 0 Å². The van der Waals surface area contributed by atoms with Crippen molar-refractivity contribution in [3.63, 3.8) is 0 Å². The minimum atomic E-state index is -0.0619. The number of aliphatic hydroxyl groups is 1. The van der Waals surface area contributed by atoms with Crippen molar-refractivity contribution in [2.24, 2.45) is 5.92 Å². The van der Waals surface area contributed by atoms with Crippen LogP contribution in [0.4, 0.5) is 0 Å². The Bertz CT molecular complexity index is 213. The summed E-state index contributed by atoms with van der Waals surface area (Å²) in [7, 11) is 0. The molecule has 2 heteroatoms. The van der Waals surface area contributed by atoms with Crippen molar-refractivity contribution >= 4 is 0 Å². The monoisotopic (exact) mass is 225 g/mol. The van der Waals surface area contributed by atoms with E-state index in [4.69, 9.17) is 0 Å². The molecule has 2 aliphatic rings. The van der Waals surface area contributed by atoms with E-state index in [-0.39, 0.29) is 6.10 Å². The Morgan fingerprint density at radius 3 is 2.25 bits per heavy atom. The van der Waals surface area contributed by atoms with Crippen LogP contribution in [0, 0.1) is 5.92 Å². The summed E-state index contributed by atoms with van der Waals surface area (Å²) in [4.78, 5) is 2.64. The van der Waals surface area contributed by atoms with E-state index in [1.165, 1.54) is 45.1 Å². The Kier molecular flexibility index (Phi) is 4.26. The summed E-state index contributed by atoms with van der Waals surface area (Å²) in [6.45, 7) is 5.76. The summed E-state index contributed by atoms with van der Waals surface area (Å²) in [5.41, 5.74) is 0. The number of nitrogens with zero attached hydrogens (tertiary/aromatic N) is 1. The maximum absolute atomic E-state index is 10.2. The Morgan fingerprint density at radius 1 is 1.06 bits per heavy atom. The van der Waals surface area contributed by atoms with Gasteiger partial charge >= 0.3 is 0 Å². The second-order valence-corrected chi connectivity index (χ2v) is 6.09. The van der Waals surface area contributed by atoms with Crippen molar-refractivity contribution in [2.45, 2.75) is 77.0 Å². The third-order valence-corrected chi connectivity index (χ3v) is 4.24. The molecule has 0 unspecified atom stereocenters. The molecule has 2 atom stereocenters. The summed E-state index contributed by atoms with van der Waals surface area (Å²) in [5.74, 6) is 0.717. The van der Waals surface area contributed by atoms with Crippen LogP contribution in [0.1, 0.15) is 58.8 Å². The highest BCUT2D eigenvalue weighted by atomic mass is 16.3. The van der Waals surface area contributed by atoms with Gasteiger partial charge in [-0.2, -0.15) is 0 Å². The molecule has 0 aliphatic heterocycles. The molecule has 0 spiro atoms. The SMILES string of the molecule is CC(C)CN(C1CCC1)[C@H]1CCCC[C@@H]1O. The van der Waals surface area contributed by atoms with Crippen molar-refractivity contribution in [1.29, 1.82) is 0 Å². The molecule has 2 rings (SSSR count). The number of aliphatic hydroxyl groups excluding tert-OH is 1. The van der Waals surface area contributed by atoms with Crippen LogP contribution < -0.4 is 0 Å². The molecule has 94 valence electrons. The van der Waals surface area contributed by atoms with Gasteiger partial charge in [0.2, 0.25) is 0 Å². The molecule has 0 aromatic carbocycles. The number of rotatable bonds is 4. The van der Waals surface area contributed by atoms with Crippen LogP contribution in [0.15, 0.2) is 0 Å². The van der Waals surface area contributed by atoms with Crippen LogP contribution in [0.2, 0.25) is 0 Å². The smallest absolute Gasteiger partial charge is 0.0695 e. The molecule has 16 heavy (non-hydrogen) atoms. The molecule has 0 heterocycles. The van der Waals surface area contributed by atoms with E-state index in [1.807, 2.05) is 0 Å². The molecule has 0 saturated heterocycles. The maximum Gasteiger partial charge on any atom is 0.0695 e. The molecule has 2 fully saturated rings. The second kappa shape index (κ2) is 5.50. The van der Waals surface area contributed by atoms with E-state index >= 15 is 0 Å². The van der Waals surface area contributed by atoms with Crippen molar-refractivity contribution < 1.29 is 5.11 Å². The lowest BCUT2D eigenvalue weighted by Crippen LogP contribution is -2.53. The Hall–Kier alpha value is -0.0800. The van der Waals surface area contributed by atoms with Gasteiger partial charge in [0.05, 0.1) is 6.10 Å². The molecule has 1 N–H and O–H groups in total. The molecule has 0 radical (unpaired) electrons. The molecular weight excluding hydrogens is 198 g/mol. The van der Waals surface area contributed by atoms with Crippen LogP contribution >= 0.6 is 0 Å². The predicted molar refractivity (Wildman–Crippen MR) is 67.4 cm³/mol. The largest absolute Gasteiger partial charge is 0.391 e. The van der Waals surface area contributed by atoms with E-state index in [0.717, 1.165) is 18.4 Å². The van der Waals surface area contributed by atoms with Gasteiger partial charge in [0.15, 0.2) is 0 Å². The first-order valence-corrected chi connectivity index (χ1v) is 7.12. The first-order chi connectivity index (χ1) is 7.68. The molecule has 2 saturated carbocycles. The average molecular weight is 225 g/mol. The van der Waals surface area contributed by atoms with E-state index in [9.17, 15) is 5.11 Å². The quantitative estimate of drug-likeness (QED) is 0.795. The third kappa shape index (κ3) is 2.78. The van der Waals surface area contributed by atoms with E-state index in [2.05, 4.69) is 18.7 Å². The Morgan fingerprint density at radius 2 is 1.75 bits per heavy atom. The highest BCUT2D eigenvalue weighted by Gasteiger charge is 2.35. The summed E-state index contributed by atoms with van der Waals surface area (Å²) >= 11 is 0. The van der Waals surface area contributed by atoms with Gasteiger partial charge in [0.1, 0.15) is 0 Å². The van der Waals surface area contributed by atoms with Crippen LogP contribution in [0.5, 0.6) is 0 Å². The lowest BCUT2D eigenvalue weighted by Gasteiger charge is -2.46. The van der Waals surface area contributed by atoms with Gasteiger partial charge in [-0.25, -0.2) is 0 Å². The van der Waals surface area contributed by atoms with Crippen molar-refractivity contribution in [1.82, 2.24) is 4.90 Å². The number of hydrogen-bond acceptors (Lipinski definition) is 2. The maximum atomic E-state index is 10.2. The summed E-state index contributed by atoms with van der Waals surface area (Å²) in [6.07, 6.45) is 8.80. The fourth-order valence-corrected chi connectivity index (χ4v) is 3.17. The molecule has 2 nitrogen and oxygen atoms in total. The second-order valence-electron chi connectivity index (χ2n) is 6.09. The highest BCUT2D eigenvalue weighted by Crippen LogP contribution is 2.32. The summed E-state index contributed by atoms with van der Waals surface area (Å²) in [6, 6.07) is 1.24. The van der Waals surface area contributed by atoms with Gasteiger partial charge in [-0.1, -0.05) is 33.1 Å².